The normalized spacial score (nSPS) is 13.4. The lowest BCUT2D eigenvalue weighted by atomic mass is 10.1. The van der Waals surface area contributed by atoms with Gasteiger partial charge in [0.25, 0.3) is 5.91 Å². The van der Waals surface area contributed by atoms with Crippen LogP contribution in [0.4, 0.5) is 5.82 Å². The summed E-state index contributed by atoms with van der Waals surface area (Å²) in [5.74, 6) is 1.57. The number of morpholine rings is 1. The summed E-state index contributed by atoms with van der Waals surface area (Å²) in [6, 6.07) is 29.9. The number of hydrogen-bond acceptors (Lipinski definition) is 6. The lowest BCUT2D eigenvalue weighted by molar-refractivity contribution is 0.0951. The number of ether oxygens (including phenoxy) is 1. The number of hydrogen-bond donors (Lipinski definition) is 1. The molecule has 6 nitrogen and oxygen atoms in total. The van der Waals surface area contributed by atoms with Crippen LogP contribution < -0.4 is 10.2 Å². The van der Waals surface area contributed by atoms with E-state index in [-0.39, 0.29) is 5.91 Å². The Balaban J connectivity index is 1.26. The van der Waals surface area contributed by atoms with E-state index in [4.69, 9.17) is 14.7 Å². The summed E-state index contributed by atoms with van der Waals surface area (Å²) in [5.41, 5.74) is 4.83. The monoisotopic (exact) mass is 496 g/mol. The number of carbonyl (C=O) groups excluding carboxylic acids is 1. The van der Waals surface area contributed by atoms with Crippen LogP contribution in [0.15, 0.2) is 96.2 Å². The fraction of sp³-hybridized carbons (Fsp3) is 0.207. The van der Waals surface area contributed by atoms with Crippen LogP contribution in [0.25, 0.3) is 11.3 Å². The highest BCUT2D eigenvalue weighted by Gasteiger charge is 2.16. The predicted molar refractivity (Wildman–Crippen MR) is 144 cm³/mol. The van der Waals surface area contributed by atoms with Gasteiger partial charge in [-0.15, -0.1) is 0 Å². The zero-order chi connectivity index (χ0) is 24.6. The first-order valence-corrected chi connectivity index (χ1v) is 13.0. The molecule has 7 heteroatoms. The largest absolute Gasteiger partial charge is 0.378 e. The Hall–Kier alpha value is -3.68. The Morgan fingerprint density at radius 1 is 0.861 bits per heavy atom. The number of thioether (sulfide) groups is 1. The van der Waals surface area contributed by atoms with Crippen LogP contribution >= 0.6 is 11.8 Å². The van der Waals surface area contributed by atoms with Crippen molar-refractivity contribution in [1.29, 1.82) is 0 Å². The summed E-state index contributed by atoms with van der Waals surface area (Å²) < 4.78 is 5.52. The van der Waals surface area contributed by atoms with Crippen LogP contribution in [-0.2, 0) is 17.0 Å². The Morgan fingerprint density at radius 2 is 1.56 bits per heavy atom. The smallest absolute Gasteiger partial charge is 0.251 e. The van der Waals surface area contributed by atoms with E-state index in [0.717, 1.165) is 46.4 Å². The van der Waals surface area contributed by atoms with Gasteiger partial charge >= 0.3 is 0 Å². The van der Waals surface area contributed by atoms with Crippen LogP contribution in [-0.4, -0.2) is 42.2 Å². The van der Waals surface area contributed by atoms with E-state index in [1.165, 1.54) is 0 Å². The van der Waals surface area contributed by atoms with Crippen LogP contribution in [0.5, 0.6) is 0 Å². The van der Waals surface area contributed by atoms with Crippen LogP contribution in [0.2, 0.25) is 0 Å². The Bertz CT molecular complexity index is 1280. The summed E-state index contributed by atoms with van der Waals surface area (Å²) in [6.45, 7) is 3.57. The lowest BCUT2D eigenvalue weighted by Gasteiger charge is -2.28. The first-order chi connectivity index (χ1) is 17.7. The first-order valence-electron chi connectivity index (χ1n) is 12.1. The van der Waals surface area contributed by atoms with E-state index >= 15 is 0 Å². The molecular weight excluding hydrogens is 468 g/mol. The third-order valence-corrected chi connectivity index (χ3v) is 6.90. The van der Waals surface area contributed by atoms with Gasteiger partial charge in [0, 0.05) is 42.6 Å². The number of rotatable bonds is 8. The molecule has 0 spiro atoms. The molecule has 4 aromatic rings. The van der Waals surface area contributed by atoms with E-state index in [1.54, 1.807) is 11.8 Å². The number of carbonyl (C=O) groups is 1. The van der Waals surface area contributed by atoms with Gasteiger partial charge in [-0.3, -0.25) is 4.79 Å². The van der Waals surface area contributed by atoms with Gasteiger partial charge in [0.1, 0.15) is 5.82 Å². The minimum atomic E-state index is -0.0768. The van der Waals surface area contributed by atoms with Gasteiger partial charge in [-0.2, -0.15) is 0 Å². The summed E-state index contributed by atoms with van der Waals surface area (Å²) >= 11 is 1.60. The summed E-state index contributed by atoms with van der Waals surface area (Å²) in [5, 5.41) is 3.71. The minimum Gasteiger partial charge on any atom is -0.378 e. The van der Waals surface area contributed by atoms with E-state index in [1.807, 2.05) is 72.8 Å². The summed E-state index contributed by atoms with van der Waals surface area (Å²) in [6.07, 6.45) is 0. The maximum atomic E-state index is 12.5. The zero-order valence-electron chi connectivity index (χ0n) is 20.0. The average molecular weight is 497 g/mol. The second-order valence-corrected chi connectivity index (χ2v) is 9.46. The molecule has 0 radical (unpaired) electrons. The highest BCUT2D eigenvalue weighted by molar-refractivity contribution is 7.98. The number of aromatic nitrogens is 2. The van der Waals surface area contributed by atoms with Gasteiger partial charge in [0.05, 0.1) is 18.9 Å². The third-order valence-electron chi connectivity index (χ3n) is 5.98. The standard InChI is InChI=1S/C29H28N4O2S/c34-28(30-20-22-7-3-1-4-8-22)25-13-11-23(12-14-25)21-36-29-31-26(24-9-5-2-6-10-24)19-27(32-29)33-15-17-35-18-16-33/h1-14,19H,15-18,20-21H2,(H,30,34). The Morgan fingerprint density at radius 3 is 2.28 bits per heavy atom. The van der Waals surface area contributed by atoms with Crippen molar-refractivity contribution in [1.82, 2.24) is 15.3 Å². The second-order valence-electron chi connectivity index (χ2n) is 8.51. The number of nitrogens with zero attached hydrogens (tertiary/aromatic N) is 3. The number of amides is 1. The zero-order valence-corrected chi connectivity index (χ0v) is 20.8. The molecule has 1 amide bonds. The fourth-order valence-electron chi connectivity index (χ4n) is 3.97. The molecule has 0 atom stereocenters. The molecule has 3 aromatic carbocycles. The molecule has 36 heavy (non-hydrogen) atoms. The van der Waals surface area contributed by atoms with Crippen molar-refractivity contribution in [2.75, 3.05) is 31.2 Å². The molecule has 1 aliphatic rings. The van der Waals surface area contributed by atoms with Crippen LogP contribution in [0.1, 0.15) is 21.5 Å². The van der Waals surface area contributed by atoms with Gasteiger partial charge in [-0.1, -0.05) is 84.6 Å². The summed E-state index contributed by atoms with van der Waals surface area (Å²) in [7, 11) is 0. The second kappa shape index (κ2) is 11.8. The van der Waals surface area contributed by atoms with Gasteiger partial charge in [-0.25, -0.2) is 9.97 Å². The van der Waals surface area contributed by atoms with Crippen molar-refractivity contribution in [3.8, 4) is 11.3 Å². The van der Waals surface area contributed by atoms with Crippen molar-refractivity contribution in [3.05, 3.63) is 108 Å². The first kappa shape index (κ1) is 24.0. The molecule has 1 N–H and O–H groups in total. The topological polar surface area (TPSA) is 67.4 Å². The highest BCUT2D eigenvalue weighted by atomic mass is 32.2. The molecule has 1 fully saturated rings. The average Bonchev–Trinajstić information content (AvgIpc) is 2.96. The minimum absolute atomic E-state index is 0.0768. The summed E-state index contributed by atoms with van der Waals surface area (Å²) in [4.78, 5) is 24.5. The maximum Gasteiger partial charge on any atom is 0.251 e. The predicted octanol–water partition coefficient (Wildman–Crippen LogP) is 5.20. The molecule has 0 unspecified atom stereocenters. The Labute approximate surface area is 215 Å². The number of nitrogens with one attached hydrogen (secondary N) is 1. The van der Waals surface area contributed by atoms with E-state index in [2.05, 4.69) is 28.4 Å². The molecular formula is C29H28N4O2S. The lowest BCUT2D eigenvalue weighted by Crippen LogP contribution is -2.36. The van der Waals surface area contributed by atoms with Gasteiger partial charge < -0.3 is 15.0 Å². The molecule has 5 rings (SSSR count). The molecule has 0 saturated carbocycles. The molecule has 2 heterocycles. The van der Waals surface area contributed by atoms with Crippen LogP contribution in [0, 0.1) is 0 Å². The van der Waals surface area contributed by atoms with E-state index in [0.29, 0.717) is 31.1 Å². The SMILES string of the molecule is O=C(NCc1ccccc1)c1ccc(CSc2nc(-c3ccccc3)cc(N3CCOCC3)n2)cc1. The third kappa shape index (κ3) is 6.30. The maximum absolute atomic E-state index is 12.5. The molecule has 0 aliphatic carbocycles. The van der Waals surface area contributed by atoms with Gasteiger partial charge in [0.2, 0.25) is 0 Å². The van der Waals surface area contributed by atoms with Crippen molar-refractivity contribution in [2.24, 2.45) is 0 Å². The number of benzene rings is 3. The molecule has 1 aliphatic heterocycles. The molecule has 182 valence electrons. The molecule has 0 bridgehead atoms. The molecule has 1 aromatic heterocycles. The van der Waals surface area contributed by atoms with E-state index in [9.17, 15) is 4.79 Å². The van der Waals surface area contributed by atoms with Crippen molar-refractivity contribution in [3.63, 3.8) is 0 Å². The van der Waals surface area contributed by atoms with Crippen LogP contribution in [0.3, 0.4) is 0 Å². The van der Waals surface area contributed by atoms with Gasteiger partial charge in [-0.05, 0) is 23.3 Å². The van der Waals surface area contributed by atoms with E-state index < -0.39 is 0 Å². The number of anilines is 1. The Kier molecular flexibility index (Phi) is 7.90. The quantitative estimate of drug-likeness (QED) is 0.267. The van der Waals surface area contributed by atoms with Crippen molar-refractivity contribution >= 4 is 23.5 Å². The van der Waals surface area contributed by atoms with Gasteiger partial charge in [0.15, 0.2) is 5.16 Å². The van der Waals surface area contributed by atoms with Crippen molar-refractivity contribution in [2.45, 2.75) is 17.5 Å². The molecule has 1 saturated heterocycles. The highest BCUT2D eigenvalue weighted by Crippen LogP contribution is 2.28. The van der Waals surface area contributed by atoms with Crippen molar-refractivity contribution < 1.29 is 9.53 Å². The fourth-order valence-corrected chi connectivity index (χ4v) is 4.78.